The predicted octanol–water partition coefficient (Wildman–Crippen LogP) is 4.95. The topological polar surface area (TPSA) is 120 Å². The van der Waals surface area contributed by atoms with E-state index in [0.717, 1.165) is 4.90 Å². The number of carbonyl (C=O) groups is 5. The Balaban J connectivity index is 2.33. The van der Waals surface area contributed by atoms with Gasteiger partial charge in [0.1, 0.15) is 22.8 Å². The number of amides is 4. The van der Waals surface area contributed by atoms with Crippen LogP contribution in [0.5, 0.6) is 0 Å². The average Bonchev–Trinajstić information content (AvgIpc) is 2.94. The van der Waals surface area contributed by atoms with Crippen molar-refractivity contribution in [2.45, 2.75) is 98.0 Å². The highest BCUT2D eigenvalue weighted by molar-refractivity contribution is 6.21. The van der Waals surface area contributed by atoms with Crippen LogP contribution in [0.3, 0.4) is 0 Å². The van der Waals surface area contributed by atoms with Gasteiger partial charge in [-0.05, 0) is 87.3 Å². The van der Waals surface area contributed by atoms with Crippen LogP contribution in [-0.2, 0) is 19.0 Å². The summed E-state index contributed by atoms with van der Waals surface area (Å²) in [6.07, 6.45) is -2.13. The molecule has 1 aromatic carbocycles. The molecule has 2 rings (SSSR count). The predicted molar refractivity (Wildman–Crippen MR) is 135 cm³/mol. The fourth-order valence-electron chi connectivity index (χ4n) is 3.56. The summed E-state index contributed by atoms with van der Waals surface area (Å²) < 4.78 is 16.3. The number of fused-ring (bicyclic) bond motifs is 1. The monoisotopic (exact) mass is 518 g/mol. The van der Waals surface area contributed by atoms with Gasteiger partial charge >= 0.3 is 18.2 Å². The zero-order chi connectivity index (χ0) is 28.3. The molecule has 0 spiro atoms. The van der Waals surface area contributed by atoms with E-state index in [2.05, 4.69) is 0 Å². The molecular weight excluding hydrogens is 480 g/mol. The molecule has 0 bridgehead atoms. The van der Waals surface area contributed by atoms with E-state index in [9.17, 15) is 24.0 Å². The number of hydrogen-bond acceptors (Lipinski definition) is 8. The Kier molecular flexibility index (Phi) is 8.78. The molecule has 0 unspecified atom stereocenters. The lowest BCUT2D eigenvalue weighted by Crippen LogP contribution is -2.53. The van der Waals surface area contributed by atoms with Crippen molar-refractivity contribution in [3.8, 4) is 0 Å². The molecule has 1 atom stereocenters. The standard InChI is InChI=1S/C27H38N2O8/c1-25(2,3)35-22(32)19(29(23(33)36-26(4,5)6)24(34)37-27(7,8)9)15-12-16-28-20(30)17-13-10-11-14-18(17)21(28)31/h10-11,13-14,19H,12,15-16H2,1-9H3/t19-/m0/s1. The first-order valence-electron chi connectivity index (χ1n) is 12.2. The second-order valence-corrected chi connectivity index (χ2v) is 11.8. The smallest absolute Gasteiger partial charge is 0.420 e. The Morgan fingerprint density at radius 1 is 0.757 bits per heavy atom. The quantitative estimate of drug-likeness (QED) is 0.295. The van der Waals surface area contributed by atoms with E-state index in [1.165, 1.54) is 0 Å². The van der Waals surface area contributed by atoms with Crippen LogP contribution in [-0.4, -0.2) is 69.2 Å². The van der Waals surface area contributed by atoms with Crippen molar-refractivity contribution in [3.63, 3.8) is 0 Å². The molecule has 10 nitrogen and oxygen atoms in total. The number of imide groups is 2. The van der Waals surface area contributed by atoms with Gasteiger partial charge in [-0.25, -0.2) is 14.4 Å². The van der Waals surface area contributed by atoms with Gasteiger partial charge in [-0.1, -0.05) is 12.1 Å². The molecule has 0 fully saturated rings. The summed E-state index contributed by atoms with van der Waals surface area (Å²) in [6, 6.07) is 5.08. The van der Waals surface area contributed by atoms with Crippen molar-refractivity contribution in [1.82, 2.24) is 9.80 Å². The molecule has 37 heavy (non-hydrogen) atoms. The van der Waals surface area contributed by atoms with Crippen LogP contribution >= 0.6 is 0 Å². The van der Waals surface area contributed by atoms with Crippen LogP contribution in [0.1, 0.15) is 95.9 Å². The van der Waals surface area contributed by atoms with Gasteiger partial charge in [0.15, 0.2) is 0 Å². The van der Waals surface area contributed by atoms with E-state index in [4.69, 9.17) is 14.2 Å². The van der Waals surface area contributed by atoms with Gasteiger partial charge in [-0.15, -0.1) is 0 Å². The molecule has 1 heterocycles. The van der Waals surface area contributed by atoms with E-state index in [1.54, 1.807) is 86.6 Å². The minimum atomic E-state index is -1.42. The number of rotatable bonds is 6. The summed E-state index contributed by atoms with van der Waals surface area (Å²) in [5.74, 6) is -1.72. The normalized spacial score (nSPS) is 14.7. The van der Waals surface area contributed by atoms with Crippen LogP contribution in [0.25, 0.3) is 0 Å². The van der Waals surface area contributed by atoms with Crippen LogP contribution in [0.4, 0.5) is 9.59 Å². The molecule has 4 amide bonds. The molecule has 1 aliphatic heterocycles. The van der Waals surface area contributed by atoms with Gasteiger partial charge < -0.3 is 14.2 Å². The maximum absolute atomic E-state index is 13.2. The first-order chi connectivity index (χ1) is 16.8. The third-order valence-corrected chi connectivity index (χ3v) is 4.91. The maximum Gasteiger partial charge on any atom is 0.420 e. The van der Waals surface area contributed by atoms with Crippen LogP contribution in [0.2, 0.25) is 0 Å². The molecule has 204 valence electrons. The Labute approximate surface area is 218 Å². The number of benzene rings is 1. The van der Waals surface area contributed by atoms with Gasteiger partial charge in [0.05, 0.1) is 11.1 Å². The lowest BCUT2D eigenvalue weighted by atomic mass is 10.1. The molecule has 0 N–H and O–H groups in total. The van der Waals surface area contributed by atoms with Crippen molar-refractivity contribution in [2.24, 2.45) is 0 Å². The van der Waals surface area contributed by atoms with Gasteiger partial charge in [0.25, 0.3) is 11.8 Å². The first kappa shape index (κ1) is 29.8. The van der Waals surface area contributed by atoms with Crippen molar-refractivity contribution in [2.75, 3.05) is 6.54 Å². The Morgan fingerprint density at radius 2 is 1.16 bits per heavy atom. The zero-order valence-electron chi connectivity index (χ0n) is 23.2. The summed E-state index contributed by atoms with van der Waals surface area (Å²) >= 11 is 0. The van der Waals surface area contributed by atoms with Crippen molar-refractivity contribution < 1.29 is 38.2 Å². The van der Waals surface area contributed by atoms with Crippen molar-refractivity contribution in [3.05, 3.63) is 35.4 Å². The number of nitrogens with zero attached hydrogens (tertiary/aromatic N) is 2. The summed E-state index contributed by atoms with van der Waals surface area (Å²) in [7, 11) is 0. The number of ether oxygens (including phenoxy) is 3. The number of hydrogen-bond donors (Lipinski definition) is 0. The van der Waals surface area contributed by atoms with E-state index in [-0.39, 0.29) is 19.4 Å². The van der Waals surface area contributed by atoms with Gasteiger partial charge in [0, 0.05) is 6.54 Å². The summed E-state index contributed by atoms with van der Waals surface area (Å²) in [5, 5.41) is 0. The van der Waals surface area contributed by atoms with Crippen LogP contribution < -0.4 is 0 Å². The first-order valence-corrected chi connectivity index (χ1v) is 12.2. The maximum atomic E-state index is 13.2. The molecule has 0 saturated heterocycles. The fourth-order valence-corrected chi connectivity index (χ4v) is 3.56. The molecular formula is C27H38N2O8. The molecule has 0 radical (unpaired) electrons. The highest BCUT2D eigenvalue weighted by Crippen LogP contribution is 2.25. The fraction of sp³-hybridized carbons (Fsp3) is 0.593. The molecule has 0 aliphatic carbocycles. The zero-order valence-corrected chi connectivity index (χ0v) is 23.2. The third kappa shape index (κ3) is 8.30. The number of esters is 1. The molecule has 1 aromatic rings. The summed E-state index contributed by atoms with van der Waals surface area (Å²) in [5.41, 5.74) is -2.22. The van der Waals surface area contributed by atoms with Gasteiger partial charge in [-0.3, -0.25) is 14.5 Å². The second kappa shape index (κ2) is 10.9. The lowest BCUT2D eigenvalue weighted by molar-refractivity contribution is -0.161. The molecule has 0 aromatic heterocycles. The van der Waals surface area contributed by atoms with Crippen LogP contribution in [0.15, 0.2) is 24.3 Å². The summed E-state index contributed by atoms with van der Waals surface area (Å²) in [4.78, 5) is 66.7. The molecule has 1 aliphatic rings. The Hall–Kier alpha value is -3.43. The largest absolute Gasteiger partial charge is 0.458 e. The SMILES string of the molecule is CC(C)(C)OC(=O)[C@H](CCCN1C(=O)c2ccccc2C1=O)N(C(=O)OC(C)(C)C)C(=O)OC(C)(C)C. The Bertz CT molecular complexity index is 996. The molecule has 0 saturated carbocycles. The number of carbonyl (C=O) groups excluding carboxylic acids is 5. The highest BCUT2D eigenvalue weighted by Gasteiger charge is 2.42. The van der Waals surface area contributed by atoms with Crippen molar-refractivity contribution in [1.29, 1.82) is 0 Å². The molecule has 10 heteroatoms. The Morgan fingerprint density at radius 3 is 1.54 bits per heavy atom. The van der Waals surface area contributed by atoms with E-state index >= 15 is 0 Å². The van der Waals surface area contributed by atoms with Crippen molar-refractivity contribution >= 4 is 30.0 Å². The summed E-state index contributed by atoms with van der Waals surface area (Å²) in [6.45, 7) is 14.7. The highest BCUT2D eigenvalue weighted by atomic mass is 16.6. The van der Waals surface area contributed by atoms with E-state index in [1.807, 2.05) is 0 Å². The average molecular weight is 519 g/mol. The third-order valence-electron chi connectivity index (χ3n) is 4.91. The minimum Gasteiger partial charge on any atom is -0.458 e. The van der Waals surface area contributed by atoms with Gasteiger partial charge in [0.2, 0.25) is 0 Å². The lowest BCUT2D eigenvalue weighted by Gasteiger charge is -2.34. The van der Waals surface area contributed by atoms with E-state index in [0.29, 0.717) is 16.0 Å². The minimum absolute atomic E-state index is 0.0257. The second-order valence-electron chi connectivity index (χ2n) is 11.8. The van der Waals surface area contributed by atoms with Gasteiger partial charge in [-0.2, -0.15) is 4.90 Å². The van der Waals surface area contributed by atoms with Crippen LogP contribution in [0, 0.1) is 0 Å². The van der Waals surface area contributed by atoms with E-state index < -0.39 is 52.8 Å².